The van der Waals surface area contributed by atoms with Crippen LogP contribution in [0.3, 0.4) is 0 Å². The molecule has 0 amide bonds. The van der Waals surface area contributed by atoms with Crippen LogP contribution in [-0.4, -0.2) is 11.5 Å². The van der Waals surface area contributed by atoms with Gasteiger partial charge >= 0.3 is 0 Å². The van der Waals surface area contributed by atoms with Crippen LogP contribution in [0.4, 0.5) is 13.2 Å². The van der Waals surface area contributed by atoms with E-state index in [1.165, 1.54) is 45.6 Å². The molecule has 0 aromatic heterocycles. The predicted molar refractivity (Wildman–Crippen MR) is 191 cm³/mol. The Bertz CT molecular complexity index is 1390. The number of halogens is 4. The quantitative estimate of drug-likeness (QED) is 0.142. The molecule has 1 fully saturated rings. The Kier molecular flexibility index (Phi) is 25.0. The third-order valence-corrected chi connectivity index (χ3v) is 12.9. The summed E-state index contributed by atoms with van der Waals surface area (Å²) in [5.74, 6) is -0.135. The summed E-state index contributed by atoms with van der Waals surface area (Å²) in [6.45, 7) is 17.2. The maximum absolute atomic E-state index is 11.9. The fraction of sp³-hybridized carbons (Fsp3) is 0.105. The van der Waals surface area contributed by atoms with Gasteiger partial charge in [-0.15, -0.1) is 28.4 Å². The van der Waals surface area contributed by atoms with Gasteiger partial charge in [0.25, 0.3) is 0 Å². The van der Waals surface area contributed by atoms with E-state index in [0.29, 0.717) is 12.1 Å². The molecule has 51 heavy (non-hydrogen) atoms. The van der Waals surface area contributed by atoms with Crippen molar-refractivity contribution in [1.82, 2.24) is 0 Å². The summed E-state index contributed by atoms with van der Waals surface area (Å²) < 4.78 is 69.7. The van der Waals surface area contributed by atoms with Crippen molar-refractivity contribution >= 4 is 47.5 Å². The molecular formula is C38H38Au2ClF3O4P2S-4. The van der Waals surface area contributed by atoms with E-state index >= 15 is 0 Å². The second-order valence-corrected chi connectivity index (χ2v) is 18.4. The first kappa shape index (κ1) is 49.7. The molecule has 13 heteroatoms. The minimum absolute atomic E-state index is 0. The Labute approximate surface area is 339 Å². The molecule has 0 spiro atoms. The third kappa shape index (κ3) is 20.7. The summed E-state index contributed by atoms with van der Waals surface area (Å²) in [7, 11) is -8.24. The molecule has 1 aliphatic heterocycles. The minimum Gasteiger partial charge on any atom is -0.236 e. The number of thioether (sulfide) groups is 1. The van der Waals surface area contributed by atoms with Gasteiger partial charge in [-0.25, -0.2) is 31.8 Å². The van der Waals surface area contributed by atoms with Crippen molar-refractivity contribution in [3.05, 3.63) is 184 Å². The Morgan fingerprint density at radius 3 is 0.922 bits per heavy atom. The van der Waals surface area contributed by atoms with Crippen LogP contribution in [0.1, 0.15) is 12.8 Å². The van der Waals surface area contributed by atoms with Crippen LogP contribution in [-0.2, 0) is 44.8 Å². The number of benzene rings is 5. The molecule has 1 aliphatic rings. The molecule has 1 saturated heterocycles. The summed E-state index contributed by atoms with van der Waals surface area (Å²) >= 11 is 2.07. The zero-order chi connectivity index (χ0) is 36.3. The molecule has 6 rings (SSSR count). The second kappa shape index (κ2) is 25.7. The SMILES string of the molecule is C1CCSC1.Fc1[c-]c(F)cc(F)c1.[Au].[Au].[CH2-][P+]([CH2-])(c1ccccc1)c1ccccc1.[CH2-][P+]([CH2-])(c1ccccc1)c1ccccc1.[O-][Cl+3]([O-])([O-])[O-]. The van der Waals surface area contributed by atoms with E-state index in [1.807, 2.05) is 72.8 Å². The average molecular weight is 1140 g/mol. The molecule has 0 N–H and O–H groups in total. The molecule has 2 radical (unpaired) electrons. The van der Waals surface area contributed by atoms with E-state index in [9.17, 15) is 13.2 Å². The van der Waals surface area contributed by atoms with Gasteiger partial charge < -0.3 is 0 Å². The van der Waals surface area contributed by atoms with E-state index in [-0.39, 0.29) is 44.8 Å². The fourth-order valence-corrected chi connectivity index (χ4v) is 8.72. The molecule has 0 atom stereocenters. The van der Waals surface area contributed by atoms with Gasteiger partial charge in [0.1, 0.15) is 0 Å². The molecule has 0 unspecified atom stereocenters. The first-order valence-electron chi connectivity index (χ1n) is 14.7. The number of hydrogen-bond donors (Lipinski definition) is 0. The monoisotopic (exact) mass is 1140 g/mol. The maximum atomic E-state index is 11.9. The van der Waals surface area contributed by atoms with Gasteiger partial charge in [-0.3, -0.25) is 0 Å². The number of rotatable bonds is 4. The molecule has 0 bridgehead atoms. The molecule has 5 aromatic carbocycles. The van der Waals surface area contributed by atoms with E-state index in [2.05, 4.69) is 87.0 Å². The van der Waals surface area contributed by atoms with Crippen LogP contribution in [0, 0.1) is 60.4 Å². The summed E-state index contributed by atoms with van der Waals surface area (Å²) in [5, 5.41) is 4.99. The zero-order valence-electron chi connectivity index (χ0n) is 27.4. The summed E-state index contributed by atoms with van der Waals surface area (Å²) in [6, 6.07) is 44.1. The molecule has 284 valence electrons. The standard InChI is InChI=1S/2C14H14P.C6H2F3.C4H8S.2Au.ClHO4/c2*1-15(2,13-9-5-3-6-10-13)14-11-7-4-8-12-14;7-4-1-5(8)3-6(9)2-4;1-2-4-5-3-1;;;2-1(3,4)5/h2*3-12H,1-2H2;1-2H;1-4H2;;;(H,2,3,4,5)/q3*-1;;;;/p-1. The zero-order valence-corrected chi connectivity index (χ0v) is 35.1. The summed E-state index contributed by atoms with van der Waals surface area (Å²) in [4.78, 5) is 0. The molecule has 0 aliphatic carbocycles. The summed E-state index contributed by atoms with van der Waals surface area (Å²) in [6.07, 6.45) is 2.93. The third-order valence-electron chi connectivity index (χ3n) is 6.60. The molecular weight excluding hydrogens is 1100 g/mol. The van der Waals surface area contributed by atoms with Crippen LogP contribution in [0.5, 0.6) is 0 Å². The first-order valence-corrected chi connectivity index (χ1v) is 21.4. The van der Waals surface area contributed by atoms with Crippen LogP contribution >= 0.6 is 26.3 Å². The van der Waals surface area contributed by atoms with Crippen molar-refractivity contribution in [2.45, 2.75) is 12.8 Å². The van der Waals surface area contributed by atoms with Crippen molar-refractivity contribution < 1.29 is 86.8 Å². The molecule has 5 aromatic rings. The Morgan fingerprint density at radius 1 is 0.510 bits per heavy atom. The smallest absolute Gasteiger partial charge is 0.0408 e. The van der Waals surface area contributed by atoms with Gasteiger partial charge in [0.05, 0.1) is 0 Å². The first-order chi connectivity index (χ1) is 23.1. The van der Waals surface area contributed by atoms with E-state index in [1.54, 1.807) is 6.07 Å². The van der Waals surface area contributed by atoms with Crippen LogP contribution < -0.4 is 39.9 Å². The molecule has 1 heterocycles. The fourth-order valence-electron chi connectivity index (χ4n) is 4.13. The van der Waals surface area contributed by atoms with Crippen LogP contribution in [0.2, 0.25) is 0 Å². The van der Waals surface area contributed by atoms with Crippen molar-refractivity contribution in [2.24, 2.45) is 0 Å². The van der Waals surface area contributed by atoms with Gasteiger partial charge in [0.15, 0.2) is 0 Å². The topological polar surface area (TPSA) is 92.2 Å². The number of hydrogen-bond acceptors (Lipinski definition) is 5. The second-order valence-electron chi connectivity index (χ2n) is 10.5. The van der Waals surface area contributed by atoms with Crippen molar-refractivity contribution in [1.29, 1.82) is 0 Å². The van der Waals surface area contributed by atoms with Gasteiger partial charge in [-0.2, -0.15) is 52.9 Å². The molecule has 0 saturated carbocycles. The average Bonchev–Trinajstić information content (AvgIpc) is 3.67. The van der Waals surface area contributed by atoms with Crippen LogP contribution in [0.25, 0.3) is 0 Å². The Morgan fingerprint density at radius 2 is 0.745 bits per heavy atom. The van der Waals surface area contributed by atoms with Gasteiger partial charge in [-0.05, 0) is 72.9 Å². The van der Waals surface area contributed by atoms with Crippen molar-refractivity contribution in [3.8, 4) is 0 Å². The Balaban J connectivity index is 0.000000649. The van der Waals surface area contributed by atoms with Gasteiger partial charge in [0, 0.05) is 83.4 Å². The van der Waals surface area contributed by atoms with E-state index in [0.717, 1.165) is 0 Å². The van der Waals surface area contributed by atoms with Gasteiger partial charge in [-0.1, -0.05) is 72.8 Å². The van der Waals surface area contributed by atoms with Crippen molar-refractivity contribution in [2.75, 3.05) is 11.5 Å². The van der Waals surface area contributed by atoms with E-state index in [4.69, 9.17) is 18.6 Å². The summed E-state index contributed by atoms with van der Waals surface area (Å²) in [5.41, 5.74) is 0. The minimum atomic E-state index is -4.94. The van der Waals surface area contributed by atoms with Crippen LogP contribution in [0.15, 0.2) is 133 Å². The van der Waals surface area contributed by atoms with E-state index < -0.39 is 42.2 Å². The van der Waals surface area contributed by atoms with Crippen molar-refractivity contribution in [3.63, 3.8) is 0 Å². The normalized spacial score (nSPS) is 11.9. The van der Waals surface area contributed by atoms with Gasteiger partial charge in [0.2, 0.25) is 0 Å². The predicted octanol–water partition coefficient (Wildman–Crippen LogP) is 5.13. The largest absolute Gasteiger partial charge is 0.236 e. The Hall–Kier alpha value is -1.29. The maximum Gasteiger partial charge on any atom is 0.0408 e. The molecule has 4 nitrogen and oxygen atoms in total.